The molecule has 2 rings (SSSR count). The zero-order valence-electron chi connectivity index (χ0n) is 10.8. The third kappa shape index (κ3) is 3.14. The van der Waals surface area contributed by atoms with Gasteiger partial charge in [0.25, 0.3) is 0 Å². The van der Waals surface area contributed by atoms with Gasteiger partial charge < -0.3 is 10.1 Å². The Labute approximate surface area is 120 Å². The van der Waals surface area contributed by atoms with Crippen LogP contribution in [-0.2, 0) is 0 Å². The Morgan fingerprint density at radius 1 is 1.21 bits per heavy atom. The van der Waals surface area contributed by atoms with Gasteiger partial charge in [0.1, 0.15) is 11.6 Å². The van der Waals surface area contributed by atoms with E-state index < -0.39 is 0 Å². The van der Waals surface area contributed by atoms with Crippen LogP contribution in [0.25, 0.3) is 0 Å². The molecule has 0 aliphatic heterocycles. The molecule has 0 aliphatic rings. The minimum absolute atomic E-state index is 0.205. The second kappa shape index (κ2) is 6.17. The highest BCUT2D eigenvalue weighted by molar-refractivity contribution is 9.10. The van der Waals surface area contributed by atoms with Crippen molar-refractivity contribution in [2.24, 2.45) is 0 Å². The maximum absolute atomic E-state index is 14.1. The Hall–Kier alpha value is -1.39. The first-order valence-electron chi connectivity index (χ1n) is 5.92. The van der Waals surface area contributed by atoms with Crippen molar-refractivity contribution >= 4 is 15.9 Å². The molecular formula is C15H15BrFNO. The first-order chi connectivity index (χ1) is 9.15. The lowest BCUT2D eigenvalue weighted by Gasteiger charge is -2.18. The molecule has 0 radical (unpaired) electrons. The largest absolute Gasteiger partial charge is 0.497 e. The highest BCUT2D eigenvalue weighted by atomic mass is 79.9. The van der Waals surface area contributed by atoms with Crippen LogP contribution in [0.3, 0.4) is 0 Å². The number of halogens is 2. The predicted molar refractivity (Wildman–Crippen MR) is 78.0 cm³/mol. The van der Waals surface area contributed by atoms with Crippen molar-refractivity contribution in [1.82, 2.24) is 5.32 Å². The van der Waals surface area contributed by atoms with Crippen LogP contribution in [-0.4, -0.2) is 14.2 Å². The summed E-state index contributed by atoms with van der Waals surface area (Å²) in [5.74, 6) is 0.520. The molecule has 0 fully saturated rings. The summed E-state index contributed by atoms with van der Waals surface area (Å²) in [6, 6.07) is 12.5. The lowest BCUT2D eigenvalue weighted by molar-refractivity contribution is 0.413. The molecule has 1 N–H and O–H groups in total. The van der Waals surface area contributed by atoms with E-state index in [1.807, 2.05) is 37.4 Å². The molecule has 0 heterocycles. The first-order valence-corrected chi connectivity index (χ1v) is 6.71. The molecule has 0 saturated heterocycles. The van der Waals surface area contributed by atoms with Gasteiger partial charge >= 0.3 is 0 Å². The van der Waals surface area contributed by atoms with Gasteiger partial charge in [0, 0.05) is 10.0 Å². The first kappa shape index (κ1) is 14.0. The molecule has 2 aromatic carbocycles. The summed E-state index contributed by atoms with van der Waals surface area (Å²) in [6.07, 6.45) is 0. The van der Waals surface area contributed by atoms with Crippen molar-refractivity contribution in [3.05, 3.63) is 63.9 Å². The maximum Gasteiger partial charge on any atom is 0.129 e. The van der Waals surface area contributed by atoms with Crippen molar-refractivity contribution in [3.63, 3.8) is 0 Å². The molecule has 0 aliphatic carbocycles. The molecule has 0 amide bonds. The normalized spacial score (nSPS) is 12.2. The number of benzene rings is 2. The van der Waals surface area contributed by atoms with E-state index in [1.54, 1.807) is 13.2 Å². The number of hydrogen-bond donors (Lipinski definition) is 1. The smallest absolute Gasteiger partial charge is 0.129 e. The molecule has 2 nitrogen and oxygen atoms in total. The second-order valence-electron chi connectivity index (χ2n) is 4.16. The van der Waals surface area contributed by atoms with Gasteiger partial charge in [-0.15, -0.1) is 0 Å². The van der Waals surface area contributed by atoms with Crippen molar-refractivity contribution in [2.75, 3.05) is 14.2 Å². The lowest BCUT2D eigenvalue weighted by Crippen LogP contribution is -2.19. The zero-order chi connectivity index (χ0) is 13.8. The highest BCUT2D eigenvalue weighted by Gasteiger charge is 2.16. The van der Waals surface area contributed by atoms with E-state index in [2.05, 4.69) is 21.2 Å². The molecule has 2 aromatic rings. The number of hydrogen-bond acceptors (Lipinski definition) is 2. The van der Waals surface area contributed by atoms with E-state index in [0.29, 0.717) is 5.56 Å². The minimum Gasteiger partial charge on any atom is -0.497 e. The Kier molecular flexibility index (Phi) is 4.56. The van der Waals surface area contributed by atoms with E-state index in [9.17, 15) is 4.39 Å². The van der Waals surface area contributed by atoms with Gasteiger partial charge in [-0.05, 0) is 36.9 Å². The van der Waals surface area contributed by atoms with Gasteiger partial charge in [0.15, 0.2) is 0 Å². The van der Waals surface area contributed by atoms with Crippen LogP contribution in [0, 0.1) is 5.82 Å². The predicted octanol–water partition coefficient (Wildman–Crippen LogP) is 3.91. The van der Waals surface area contributed by atoms with Crippen LogP contribution in [0.4, 0.5) is 4.39 Å². The fourth-order valence-corrected chi connectivity index (χ4v) is 2.39. The Morgan fingerprint density at radius 2 is 2.00 bits per heavy atom. The van der Waals surface area contributed by atoms with Crippen LogP contribution in [0.1, 0.15) is 17.2 Å². The van der Waals surface area contributed by atoms with Crippen LogP contribution in [0.15, 0.2) is 46.9 Å². The van der Waals surface area contributed by atoms with Crippen molar-refractivity contribution in [1.29, 1.82) is 0 Å². The molecule has 0 aromatic heterocycles. The maximum atomic E-state index is 14.1. The molecular weight excluding hydrogens is 309 g/mol. The highest BCUT2D eigenvalue weighted by Crippen LogP contribution is 2.28. The third-order valence-corrected chi connectivity index (χ3v) is 3.48. The van der Waals surface area contributed by atoms with Gasteiger partial charge in [-0.25, -0.2) is 4.39 Å². The summed E-state index contributed by atoms with van der Waals surface area (Å²) in [4.78, 5) is 0. The van der Waals surface area contributed by atoms with Gasteiger partial charge in [-0.1, -0.05) is 34.1 Å². The number of nitrogens with one attached hydrogen (secondary N) is 1. The molecule has 100 valence electrons. The molecule has 0 spiro atoms. The number of rotatable bonds is 4. The average Bonchev–Trinajstić information content (AvgIpc) is 2.42. The SMILES string of the molecule is CNC(c1cccc(OC)c1)c1ccc(Br)cc1F. The number of ether oxygens (including phenoxy) is 1. The molecule has 1 atom stereocenters. The monoisotopic (exact) mass is 323 g/mol. The van der Waals surface area contributed by atoms with Crippen LogP contribution in [0.2, 0.25) is 0 Å². The summed E-state index contributed by atoms with van der Waals surface area (Å²) in [5, 5.41) is 3.14. The van der Waals surface area contributed by atoms with Gasteiger partial charge in [-0.3, -0.25) is 0 Å². The van der Waals surface area contributed by atoms with E-state index in [-0.39, 0.29) is 11.9 Å². The molecule has 19 heavy (non-hydrogen) atoms. The van der Waals surface area contributed by atoms with Crippen LogP contribution < -0.4 is 10.1 Å². The van der Waals surface area contributed by atoms with Crippen molar-refractivity contribution in [3.8, 4) is 5.75 Å². The van der Waals surface area contributed by atoms with Crippen molar-refractivity contribution in [2.45, 2.75) is 6.04 Å². The summed E-state index contributed by atoms with van der Waals surface area (Å²) < 4.78 is 20.0. The standard InChI is InChI=1S/C15H15BrFNO/c1-18-15(10-4-3-5-12(8-10)19-2)13-7-6-11(16)9-14(13)17/h3-9,15,18H,1-2H3. The fraction of sp³-hybridized carbons (Fsp3) is 0.200. The Bertz CT molecular complexity index is 574. The van der Waals surface area contributed by atoms with E-state index >= 15 is 0 Å². The minimum atomic E-state index is -0.239. The Balaban J connectivity index is 2.43. The van der Waals surface area contributed by atoms with Crippen LogP contribution in [0.5, 0.6) is 5.75 Å². The molecule has 1 unspecified atom stereocenters. The molecule has 0 saturated carbocycles. The van der Waals surface area contributed by atoms with Gasteiger partial charge in [0.2, 0.25) is 0 Å². The topological polar surface area (TPSA) is 21.3 Å². The summed E-state index contributed by atoms with van der Waals surface area (Å²) in [7, 11) is 3.43. The quantitative estimate of drug-likeness (QED) is 0.921. The van der Waals surface area contributed by atoms with Crippen LogP contribution >= 0.6 is 15.9 Å². The summed E-state index contributed by atoms with van der Waals surface area (Å²) in [5.41, 5.74) is 1.57. The Morgan fingerprint density at radius 3 is 2.63 bits per heavy atom. The van der Waals surface area contributed by atoms with E-state index in [4.69, 9.17) is 4.74 Å². The summed E-state index contributed by atoms with van der Waals surface area (Å²) in [6.45, 7) is 0. The fourth-order valence-electron chi connectivity index (χ4n) is 2.06. The average molecular weight is 324 g/mol. The second-order valence-corrected chi connectivity index (χ2v) is 5.08. The number of methoxy groups -OCH3 is 1. The van der Waals surface area contributed by atoms with E-state index in [0.717, 1.165) is 15.8 Å². The molecule has 0 bridgehead atoms. The third-order valence-electron chi connectivity index (χ3n) is 2.99. The van der Waals surface area contributed by atoms with Gasteiger partial charge in [0.05, 0.1) is 13.2 Å². The van der Waals surface area contributed by atoms with Gasteiger partial charge in [-0.2, -0.15) is 0 Å². The van der Waals surface area contributed by atoms with E-state index in [1.165, 1.54) is 6.07 Å². The summed E-state index contributed by atoms with van der Waals surface area (Å²) >= 11 is 3.27. The van der Waals surface area contributed by atoms with Crippen molar-refractivity contribution < 1.29 is 9.13 Å². The molecule has 4 heteroatoms. The lowest BCUT2D eigenvalue weighted by atomic mass is 9.98. The zero-order valence-corrected chi connectivity index (χ0v) is 12.4.